The van der Waals surface area contributed by atoms with Crippen molar-refractivity contribution >= 4 is 0 Å². The van der Waals surface area contributed by atoms with E-state index in [0.717, 1.165) is 5.92 Å². The van der Waals surface area contributed by atoms with Crippen molar-refractivity contribution in [3.63, 3.8) is 0 Å². The summed E-state index contributed by atoms with van der Waals surface area (Å²) in [5, 5.41) is 0. The van der Waals surface area contributed by atoms with Crippen molar-refractivity contribution in [1.29, 1.82) is 0 Å². The van der Waals surface area contributed by atoms with Gasteiger partial charge in [-0.1, -0.05) is 45.3 Å². The lowest BCUT2D eigenvalue weighted by Crippen LogP contribution is -2.27. The molecule has 17 heavy (non-hydrogen) atoms. The molecule has 0 saturated heterocycles. The molecule has 0 unspecified atom stereocenters. The van der Waals surface area contributed by atoms with Crippen LogP contribution < -0.4 is 0 Å². The van der Waals surface area contributed by atoms with E-state index in [0.29, 0.717) is 16.2 Å². The zero-order chi connectivity index (χ0) is 12.5. The van der Waals surface area contributed by atoms with Gasteiger partial charge in [0.2, 0.25) is 0 Å². The second-order valence-electron chi connectivity index (χ2n) is 7.72. The molecule has 3 aliphatic carbocycles. The Morgan fingerprint density at radius 2 is 1.94 bits per heavy atom. The van der Waals surface area contributed by atoms with Crippen LogP contribution in [0.15, 0.2) is 11.1 Å². The topological polar surface area (TPSA) is 0 Å². The Bertz CT molecular complexity index is 387. The average molecular weight is 232 g/mol. The Hall–Kier alpha value is -0.260. The predicted octanol–water partition coefficient (Wildman–Crippen LogP) is 5.34. The van der Waals surface area contributed by atoms with Gasteiger partial charge in [0.05, 0.1) is 0 Å². The van der Waals surface area contributed by atoms with Crippen LogP contribution in [0.3, 0.4) is 0 Å². The lowest BCUT2D eigenvalue weighted by molar-refractivity contribution is 0.178. The van der Waals surface area contributed by atoms with Crippen molar-refractivity contribution in [2.24, 2.45) is 22.2 Å². The molecule has 96 valence electrons. The first-order chi connectivity index (χ1) is 7.92. The first-order valence-electron chi connectivity index (χ1n) is 7.61. The van der Waals surface area contributed by atoms with E-state index in [-0.39, 0.29) is 0 Å². The monoisotopic (exact) mass is 232 g/mol. The fraction of sp³-hybridized carbons (Fsp3) is 0.882. The highest BCUT2D eigenvalue weighted by Crippen LogP contribution is 2.89. The normalized spacial score (nSPS) is 46.1. The van der Waals surface area contributed by atoms with Crippen molar-refractivity contribution < 1.29 is 0 Å². The first-order valence-corrected chi connectivity index (χ1v) is 7.61. The molecule has 2 fully saturated rings. The predicted molar refractivity (Wildman–Crippen MR) is 73.9 cm³/mol. The molecule has 0 amide bonds. The molecule has 0 aromatic heterocycles. The number of hydrogen-bond donors (Lipinski definition) is 0. The van der Waals surface area contributed by atoms with Gasteiger partial charge in [-0.2, -0.15) is 0 Å². The molecule has 1 spiro atoms. The lowest BCUT2D eigenvalue weighted by Gasteiger charge is -2.35. The Morgan fingerprint density at radius 1 is 1.24 bits per heavy atom. The van der Waals surface area contributed by atoms with E-state index < -0.39 is 0 Å². The van der Waals surface area contributed by atoms with Crippen LogP contribution in [-0.4, -0.2) is 0 Å². The summed E-state index contributed by atoms with van der Waals surface area (Å²) in [5.74, 6) is 1.00. The Morgan fingerprint density at radius 3 is 2.53 bits per heavy atom. The molecular weight excluding hydrogens is 204 g/mol. The fourth-order valence-corrected chi connectivity index (χ4v) is 6.29. The minimum absolute atomic E-state index is 0.598. The Balaban J connectivity index is 2.01. The van der Waals surface area contributed by atoms with Gasteiger partial charge in [-0.15, -0.1) is 0 Å². The number of unbranched alkanes of at least 4 members (excludes halogenated alkanes) is 1. The van der Waals surface area contributed by atoms with Crippen LogP contribution in [0.25, 0.3) is 0 Å². The van der Waals surface area contributed by atoms with Crippen LogP contribution in [0.2, 0.25) is 0 Å². The van der Waals surface area contributed by atoms with Gasteiger partial charge in [0.1, 0.15) is 0 Å². The van der Waals surface area contributed by atoms with Crippen molar-refractivity contribution in [3.05, 3.63) is 11.1 Å². The minimum Gasteiger partial charge on any atom is -0.0729 e. The number of rotatable bonds is 3. The summed E-state index contributed by atoms with van der Waals surface area (Å²) in [4.78, 5) is 0. The maximum absolute atomic E-state index is 2.59. The van der Waals surface area contributed by atoms with Gasteiger partial charge >= 0.3 is 0 Å². The van der Waals surface area contributed by atoms with Crippen molar-refractivity contribution in [3.8, 4) is 0 Å². The smallest absolute Gasteiger partial charge is 0.00589 e. The van der Waals surface area contributed by atoms with Gasteiger partial charge < -0.3 is 0 Å². The highest BCUT2D eigenvalue weighted by atomic mass is 14.9. The zero-order valence-electron chi connectivity index (χ0n) is 12.3. The fourth-order valence-electron chi connectivity index (χ4n) is 6.29. The number of allylic oxidation sites excluding steroid dienone is 2. The summed E-state index contributed by atoms with van der Waals surface area (Å²) in [6, 6.07) is 0. The molecule has 0 nitrogen and oxygen atoms in total. The van der Waals surface area contributed by atoms with Crippen LogP contribution in [-0.2, 0) is 0 Å². The van der Waals surface area contributed by atoms with Crippen molar-refractivity contribution in [1.82, 2.24) is 0 Å². The van der Waals surface area contributed by atoms with Crippen LogP contribution in [0, 0.1) is 22.2 Å². The van der Waals surface area contributed by atoms with E-state index in [1.807, 2.05) is 5.57 Å². The van der Waals surface area contributed by atoms with Gasteiger partial charge in [0.15, 0.2) is 0 Å². The Labute approximate surface area is 107 Å². The molecule has 0 N–H and O–H groups in total. The zero-order valence-corrected chi connectivity index (χ0v) is 12.3. The van der Waals surface area contributed by atoms with Crippen LogP contribution in [0.4, 0.5) is 0 Å². The second kappa shape index (κ2) is 3.19. The molecule has 0 radical (unpaired) electrons. The first kappa shape index (κ1) is 11.8. The highest BCUT2D eigenvalue weighted by Gasteiger charge is 2.82. The molecule has 0 aromatic carbocycles. The van der Waals surface area contributed by atoms with Gasteiger partial charge in [0, 0.05) is 5.41 Å². The van der Waals surface area contributed by atoms with Gasteiger partial charge in [-0.3, -0.25) is 0 Å². The van der Waals surface area contributed by atoms with E-state index in [1.54, 1.807) is 5.57 Å². The van der Waals surface area contributed by atoms with Crippen LogP contribution in [0.5, 0.6) is 0 Å². The quantitative estimate of drug-likeness (QED) is 0.576. The van der Waals surface area contributed by atoms with Crippen LogP contribution >= 0.6 is 0 Å². The summed E-state index contributed by atoms with van der Waals surface area (Å²) < 4.78 is 0. The maximum Gasteiger partial charge on any atom is 0.00589 e. The van der Waals surface area contributed by atoms with E-state index in [9.17, 15) is 0 Å². The second-order valence-corrected chi connectivity index (χ2v) is 7.72. The van der Waals surface area contributed by atoms with Gasteiger partial charge in [-0.05, 0) is 55.8 Å². The molecule has 0 heteroatoms. The molecule has 0 aliphatic heterocycles. The van der Waals surface area contributed by atoms with E-state index in [1.165, 1.54) is 38.5 Å². The summed E-state index contributed by atoms with van der Waals surface area (Å²) in [5.41, 5.74) is 5.50. The third-order valence-electron chi connectivity index (χ3n) is 6.69. The third kappa shape index (κ3) is 1.07. The van der Waals surface area contributed by atoms with Gasteiger partial charge in [-0.25, -0.2) is 0 Å². The summed E-state index contributed by atoms with van der Waals surface area (Å²) in [6.07, 6.45) is 8.49. The van der Waals surface area contributed by atoms with Gasteiger partial charge in [0.25, 0.3) is 0 Å². The molecule has 3 rings (SSSR count). The lowest BCUT2D eigenvalue weighted by atomic mass is 9.69. The third-order valence-corrected chi connectivity index (χ3v) is 6.69. The molecular formula is C17H28. The van der Waals surface area contributed by atoms with Crippen molar-refractivity contribution in [2.45, 2.75) is 73.1 Å². The summed E-state index contributed by atoms with van der Waals surface area (Å²) in [6.45, 7) is 12.4. The largest absolute Gasteiger partial charge is 0.0729 e. The minimum atomic E-state index is 0.598. The van der Waals surface area contributed by atoms with E-state index in [2.05, 4.69) is 34.6 Å². The summed E-state index contributed by atoms with van der Waals surface area (Å²) >= 11 is 0. The molecule has 0 heterocycles. The molecule has 2 saturated carbocycles. The standard InChI is InChI=1S/C17H28/c1-6-7-8-13-12(2)11-16(5)10-9-14-15(3,4)17(13,14)16/h14H,6-11H2,1-5H3/t14-,16-,17-/m1/s1. The van der Waals surface area contributed by atoms with Crippen LogP contribution in [0.1, 0.15) is 73.1 Å². The maximum atomic E-state index is 2.59. The molecule has 0 aromatic rings. The van der Waals surface area contributed by atoms with E-state index >= 15 is 0 Å². The average Bonchev–Trinajstić information content (AvgIpc) is 2.50. The highest BCUT2D eigenvalue weighted by molar-refractivity contribution is 5.47. The SMILES string of the molecule is CCCCC1=C(C)C[C@@]2(C)CC[C@@H]3C(C)(C)[C@@]132. The summed E-state index contributed by atoms with van der Waals surface area (Å²) in [7, 11) is 0. The van der Waals surface area contributed by atoms with E-state index in [4.69, 9.17) is 0 Å². The van der Waals surface area contributed by atoms with Crippen molar-refractivity contribution in [2.75, 3.05) is 0 Å². The molecule has 3 aliphatic rings. The molecule has 0 bridgehead atoms. The number of hydrogen-bond acceptors (Lipinski definition) is 0. The molecule has 3 atom stereocenters. The Kier molecular flexibility index (Phi) is 2.22.